The van der Waals surface area contributed by atoms with Gasteiger partial charge in [-0.3, -0.25) is 4.79 Å². The predicted octanol–water partition coefficient (Wildman–Crippen LogP) is 2.23. The molecule has 2 amide bonds. The molecule has 6 heteroatoms. The monoisotopic (exact) mass is 327 g/mol. The summed E-state index contributed by atoms with van der Waals surface area (Å²) in [4.78, 5) is 28.2. The minimum Gasteiger partial charge on any atom is -0.444 e. The van der Waals surface area contributed by atoms with Crippen LogP contribution in [0.1, 0.15) is 53.9 Å². The van der Waals surface area contributed by atoms with Crippen molar-refractivity contribution in [3.8, 4) is 0 Å². The van der Waals surface area contributed by atoms with Crippen molar-refractivity contribution < 1.29 is 14.3 Å². The molecule has 1 fully saturated rings. The summed E-state index contributed by atoms with van der Waals surface area (Å²) in [7, 11) is 0. The molecule has 0 aromatic rings. The Labute approximate surface area is 140 Å². The van der Waals surface area contributed by atoms with Crippen LogP contribution in [-0.4, -0.2) is 66.2 Å². The van der Waals surface area contributed by atoms with Gasteiger partial charge >= 0.3 is 6.09 Å². The molecule has 1 aliphatic heterocycles. The van der Waals surface area contributed by atoms with Crippen LogP contribution in [0.3, 0.4) is 0 Å². The lowest BCUT2D eigenvalue weighted by atomic mass is 10.0. The summed E-state index contributed by atoms with van der Waals surface area (Å²) in [5.74, 6) is 0.215. The molecule has 0 atom stereocenters. The number of hydrogen-bond donors (Lipinski definition) is 1. The van der Waals surface area contributed by atoms with Gasteiger partial charge in [-0.2, -0.15) is 0 Å². The number of alkyl carbamates (subject to hydrolysis) is 1. The molecule has 0 unspecified atom stereocenters. The first-order chi connectivity index (χ1) is 10.7. The summed E-state index contributed by atoms with van der Waals surface area (Å²) >= 11 is 0. The van der Waals surface area contributed by atoms with Crippen molar-refractivity contribution in [2.24, 2.45) is 0 Å². The quantitative estimate of drug-likeness (QED) is 0.813. The van der Waals surface area contributed by atoms with E-state index in [4.69, 9.17) is 4.74 Å². The van der Waals surface area contributed by atoms with Crippen molar-refractivity contribution in [3.63, 3.8) is 0 Å². The van der Waals surface area contributed by atoms with Gasteiger partial charge in [-0.25, -0.2) is 4.79 Å². The minimum absolute atomic E-state index is 0.0942. The van der Waals surface area contributed by atoms with Gasteiger partial charge < -0.3 is 19.9 Å². The van der Waals surface area contributed by atoms with Crippen LogP contribution in [0.2, 0.25) is 0 Å². The molecule has 0 aromatic carbocycles. The Morgan fingerprint density at radius 1 is 1.17 bits per heavy atom. The Kier molecular flexibility index (Phi) is 7.82. The Balaban J connectivity index is 2.29. The summed E-state index contributed by atoms with van der Waals surface area (Å²) in [6.45, 7) is 14.0. The zero-order valence-electron chi connectivity index (χ0n) is 15.4. The number of nitrogens with zero attached hydrogens (tertiary/aromatic N) is 2. The third kappa shape index (κ3) is 7.68. The molecule has 0 bridgehead atoms. The van der Waals surface area contributed by atoms with Crippen molar-refractivity contribution in [1.82, 2.24) is 15.1 Å². The molecule has 1 N–H and O–H groups in total. The van der Waals surface area contributed by atoms with E-state index in [1.54, 1.807) is 0 Å². The van der Waals surface area contributed by atoms with Gasteiger partial charge in [-0.05, 0) is 46.7 Å². The number of likely N-dealkylation sites (tertiary alicyclic amines) is 1. The number of piperidine rings is 1. The second-order valence-electron chi connectivity index (χ2n) is 7.08. The molecule has 0 aromatic heterocycles. The number of nitrogens with one attached hydrogen (secondary N) is 1. The largest absolute Gasteiger partial charge is 0.444 e. The highest BCUT2D eigenvalue weighted by Gasteiger charge is 2.25. The van der Waals surface area contributed by atoms with Crippen molar-refractivity contribution in [2.75, 3.05) is 32.7 Å². The zero-order chi connectivity index (χ0) is 17.5. The fourth-order valence-corrected chi connectivity index (χ4v) is 2.70. The Morgan fingerprint density at radius 3 is 2.22 bits per heavy atom. The van der Waals surface area contributed by atoms with Crippen LogP contribution < -0.4 is 5.32 Å². The summed E-state index contributed by atoms with van der Waals surface area (Å²) in [5, 5.41) is 2.90. The number of ether oxygens (including phenoxy) is 1. The highest BCUT2D eigenvalue weighted by molar-refractivity contribution is 5.76. The lowest BCUT2D eigenvalue weighted by molar-refractivity contribution is -0.132. The molecule has 134 valence electrons. The van der Waals surface area contributed by atoms with E-state index in [1.807, 2.05) is 25.7 Å². The van der Waals surface area contributed by atoms with Crippen LogP contribution in [-0.2, 0) is 9.53 Å². The van der Waals surface area contributed by atoms with Crippen LogP contribution in [0, 0.1) is 0 Å². The molecule has 0 aliphatic carbocycles. The van der Waals surface area contributed by atoms with Gasteiger partial charge in [0.1, 0.15) is 5.60 Å². The van der Waals surface area contributed by atoms with Gasteiger partial charge in [0.15, 0.2) is 0 Å². The van der Waals surface area contributed by atoms with Crippen LogP contribution in [0.4, 0.5) is 4.79 Å². The third-order valence-corrected chi connectivity index (χ3v) is 4.10. The highest BCUT2D eigenvalue weighted by Crippen LogP contribution is 2.13. The van der Waals surface area contributed by atoms with Crippen LogP contribution >= 0.6 is 0 Å². The summed E-state index contributed by atoms with van der Waals surface area (Å²) < 4.78 is 5.27. The molecule has 6 nitrogen and oxygen atoms in total. The molecule has 23 heavy (non-hydrogen) atoms. The second-order valence-corrected chi connectivity index (χ2v) is 7.08. The molecule has 0 spiro atoms. The predicted molar refractivity (Wildman–Crippen MR) is 91.4 cm³/mol. The van der Waals surface area contributed by atoms with Crippen molar-refractivity contribution in [1.29, 1.82) is 0 Å². The first-order valence-electron chi connectivity index (χ1n) is 8.74. The molecule has 0 radical (unpaired) electrons. The maximum Gasteiger partial charge on any atom is 0.407 e. The van der Waals surface area contributed by atoms with Crippen molar-refractivity contribution in [3.05, 3.63) is 0 Å². The van der Waals surface area contributed by atoms with Gasteiger partial charge in [0.2, 0.25) is 5.91 Å². The highest BCUT2D eigenvalue weighted by atomic mass is 16.6. The number of rotatable bonds is 6. The first-order valence-corrected chi connectivity index (χ1v) is 8.74. The molecule has 1 saturated heterocycles. The SMILES string of the molecule is CCN(CC)CCC(=O)N1CCC(NC(=O)OC(C)(C)C)CC1. The fraction of sp³-hybridized carbons (Fsp3) is 0.882. The molecule has 1 aliphatic rings. The Bertz CT molecular complexity index is 381. The molecular weight excluding hydrogens is 294 g/mol. The van der Waals surface area contributed by atoms with E-state index >= 15 is 0 Å². The van der Waals surface area contributed by atoms with Crippen molar-refractivity contribution in [2.45, 2.75) is 65.5 Å². The minimum atomic E-state index is -0.481. The molecule has 0 saturated carbocycles. The lowest BCUT2D eigenvalue weighted by Gasteiger charge is -2.33. The smallest absolute Gasteiger partial charge is 0.407 e. The summed E-state index contributed by atoms with van der Waals surface area (Å²) in [6, 6.07) is 0.0942. The van der Waals surface area contributed by atoms with Crippen LogP contribution in [0.5, 0.6) is 0 Å². The lowest BCUT2D eigenvalue weighted by Crippen LogP contribution is -2.48. The van der Waals surface area contributed by atoms with Gasteiger partial charge in [0.05, 0.1) is 0 Å². The van der Waals surface area contributed by atoms with E-state index in [2.05, 4.69) is 24.1 Å². The molecular formula is C17H33N3O3. The second kappa shape index (κ2) is 9.11. The van der Waals surface area contributed by atoms with E-state index in [-0.39, 0.29) is 18.0 Å². The maximum atomic E-state index is 12.2. The van der Waals surface area contributed by atoms with E-state index in [9.17, 15) is 9.59 Å². The number of carbonyl (C=O) groups excluding carboxylic acids is 2. The standard InChI is InChI=1S/C17H33N3O3/c1-6-19(7-2)11-10-15(21)20-12-8-14(9-13-20)18-16(22)23-17(3,4)5/h14H,6-13H2,1-5H3,(H,18,22). The summed E-state index contributed by atoms with van der Waals surface area (Å²) in [5.41, 5.74) is -0.481. The van der Waals surface area contributed by atoms with Gasteiger partial charge in [0, 0.05) is 32.1 Å². The zero-order valence-corrected chi connectivity index (χ0v) is 15.4. The molecule has 1 rings (SSSR count). The van der Waals surface area contributed by atoms with E-state index in [0.29, 0.717) is 19.5 Å². The van der Waals surface area contributed by atoms with E-state index < -0.39 is 5.60 Å². The number of carbonyl (C=O) groups is 2. The maximum absolute atomic E-state index is 12.2. The number of hydrogen-bond acceptors (Lipinski definition) is 4. The van der Waals surface area contributed by atoms with E-state index in [1.165, 1.54) is 0 Å². The van der Waals surface area contributed by atoms with Gasteiger partial charge in [-0.15, -0.1) is 0 Å². The Morgan fingerprint density at radius 2 is 1.74 bits per heavy atom. The number of amides is 2. The summed E-state index contributed by atoms with van der Waals surface area (Å²) in [6.07, 6.45) is 1.78. The van der Waals surface area contributed by atoms with Gasteiger partial charge in [0.25, 0.3) is 0 Å². The molecule has 1 heterocycles. The first kappa shape index (κ1) is 19.7. The fourth-order valence-electron chi connectivity index (χ4n) is 2.70. The Hall–Kier alpha value is -1.30. The van der Waals surface area contributed by atoms with Crippen molar-refractivity contribution >= 4 is 12.0 Å². The van der Waals surface area contributed by atoms with Gasteiger partial charge in [-0.1, -0.05) is 13.8 Å². The average Bonchev–Trinajstić information content (AvgIpc) is 2.46. The third-order valence-electron chi connectivity index (χ3n) is 4.10. The average molecular weight is 327 g/mol. The van der Waals surface area contributed by atoms with Crippen LogP contribution in [0.15, 0.2) is 0 Å². The normalized spacial score (nSPS) is 16.5. The topological polar surface area (TPSA) is 61.9 Å². The van der Waals surface area contributed by atoms with Crippen LogP contribution in [0.25, 0.3) is 0 Å². The van der Waals surface area contributed by atoms with E-state index in [0.717, 1.165) is 32.5 Å².